The molecule has 516 valence electrons. The van der Waals surface area contributed by atoms with Crippen molar-refractivity contribution in [3.05, 3.63) is 24.3 Å². The average molecular weight is 1230 g/mol. The Morgan fingerprint density at radius 2 is 0.552 bits per heavy atom. The molecule has 2 atom stereocenters. The number of nitrogens with one attached hydrogen (secondary N) is 1. The summed E-state index contributed by atoms with van der Waals surface area (Å²) in [5.74, 6) is -0.0143. The van der Waals surface area contributed by atoms with Crippen LogP contribution in [-0.2, 0) is 14.3 Å². The zero-order valence-electron chi connectivity index (χ0n) is 59.3. The van der Waals surface area contributed by atoms with Gasteiger partial charge in [0.15, 0.2) is 0 Å². The molecule has 0 aliphatic rings. The van der Waals surface area contributed by atoms with Crippen LogP contribution >= 0.6 is 0 Å². The monoisotopic (exact) mass is 1220 g/mol. The van der Waals surface area contributed by atoms with Gasteiger partial charge in [0.05, 0.1) is 25.4 Å². The lowest BCUT2D eigenvalue weighted by Gasteiger charge is -2.22. The highest BCUT2D eigenvalue weighted by Crippen LogP contribution is 2.20. The molecule has 6 nitrogen and oxygen atoms in total. The number of aliphatic hydroxyl groups excluding tert-OH is 2. The molecule has 0 aliphatic heterocycles. The highest BCUT2D eigenvalue weighted by molar-refractivity contribution is 5.76. The first-order valence-electron chi connectivity index (χ1n) is 40.1. The Morgan fingerprint density at radius 1 is 0.310 bits per heavy atom. The number of unbranched alkanes of at least 4 members (excludes halogenated alkanes) is 61. The van der Waals surface area contributed by atoms with Crippen molar-refractivity contribution < 1.29 is 24.5 Å². The number of amides is 1. The van der Waals surface area contributed by atoms with Gasteiger partial charge in [0.25, 0.3) is 0 Å². The zero-order valence-corrected chi connectivity index (χ0v) is 59.3. The van der Waals surface area contributed by atoms with Crippen molar-refractivity contribution in [2.24, 2.45) is 0 Å². The van der Waals surface area contributed by atoms with Gasteiger partial charge in [-0.05, 0) is 70.6 Å². The van der Waals surface area contributed by atoms with Crippen LogP contribution in [-0.4, -0.2) is 47.4 Å². The van der Waals surface area contributed by atoms with Gasteiger partial charge in [-0.2, -0.15) is 0 Å². The van der Waals surface area contributed by atoms with Crippen molar-refractivity contribution >= 4 is 11.9 Å². The number of ether oxygens (including phenoxy) is 1. The minimum absolute atomic E-state index is 0.0111. The Balaban J connectivity index is 3.34. The molecule has 0 bridgehead atoms. The maximum absolute atomic E-state index is 12.6. The van der Waals surface area contributed by atoms with Crippen LogP contribution in [0.3, 0.4) is 0 Å². The molecule has 0 spiro atoms. The molecule has 0 aromatic carbocycles. The average Bonchev–Trinajstić information content (AvgIpc) is 3.53. The van der Waals surface area contributed by atoms with E-state index in [1.54, 1.807) is 0 Å². The number of carbonyl (C=O) groups is 2. The normalized spacial score (nSPS) is 12.6. The van der Waals surface area contributed by atoms with Crippen LogP contribution in [0.25, 0.3) is 0 Å². The predicted octanol–water partition coefficient (Wildman–Crippen LogP) is 26.4. The number of rotatable bonds is 76. The molecule has 0 aliphatic carbocycles. The lowest BCUT2D eigenvalue weighted by atomic mass is 10.0. The first-order valence-corrected chi connectivity index (χ1v) is 40.1. The van der Waals surface area contributed by atoms with Crippen molar-refractivity contribution in [3.8, 4) is 0 Å². The van der Waals surface area contributed by atoms with E-state index < -0.39 is 12.1 Å². The van der Waals surface area contributed by atoms with E-state index >= 15 is 0 Å². The molecule has 0 heterocycles. The van der Waals surface area contributed by atoms with Gasteiger partial charge in [0.1, 0.15) is 0 Å². The lowest BCUT2D eigenvalue weighted by molar-refractivity contribution is -0.143. The molecule has 2 unspecified atom stereocenters. The van der Waals surface area contributed by atoms with E-state index in [4.69, 9.17) is 4.74 Å². The Hall–Kier alpha value is -1.66. The van der Waals surface area contributed by atoms with E-state index in [0.29, 0.717) is 25.9 Å². The maximum Gasteiger partial charge on any atom is 0.305 e. The van der Waals surface area contributed by atoms with Gasteiger partial charge in [0, 0.05) is 12.8 Å². The number of esters is 1. The van der Waals surface area contributed by atoms with E-state index in [1.807, 2.05) is 0 Å². The third-order valence-electron chi connectivity index (χ3n) is 19.0. The van der Waals surface area contributed by atoms with Crippen LogP contribution in [0, 0.1) is 0 Å². The molecule has 6 heteroatoms. The molecule has 0 aromatic rings. The summed E-state index contributed by atoms with van der Waals surface area (Å²) in [5, 5.41) is 23.5. The Morgan fingerprint density at radius 3 is 0.851 bits per heavy atom. The molecule has 0 aromatic heterocycles. The topological polar surface area (TPSA) is 95.9 Å². The molecule has 0 saturated carbocycles. The third kappa shape index (κ3) is 73.3. The largest absolute Gasteiger partial charge is 0.466 e. The van der Waals surface area contributed by atoms with E-state index in [9.17, 15) is 19.8 Å². The number of allylic oxidation sites excluding steroid dienone is 4. The summed E-state index contributed by atoms with van der Waals surface area (Å²) in [6.45, 7) is 4.97. The lowest BCUT2D eigenvalue weighted by Crippen LogP contribution is -2.45. The van der Waals surface area contributed by atoms with E-state index in [0.717, 1.165) is 44.9 Å². The fourth-order valence-electron chi connectivity index (χ4n) is 12.9. The summed E-state index contributed by atoms with van der Waals surface area (Å²) < 4.78 is 5.47. The quantitative estimate of drug-likeness (QED) is 0.0320. The summed E-state index contributed by atoms with van der Waals surface area (Å²) in [5.41, 5.74) is 0. The van der Waals surface area contributed by atoms with Crippen LogP contribution in [0.5, 0.6) is 0 Å². The second-order valence-electron chi connectivity index (χ2n) is 27.7. The van der Waals surface area contributed by atoms with Gasteiger partial charge >= 0.3 is 5.97 Å². The molecule has 0 saturated heterocycles. The van der Waals surface area contributed by atoms with Gasteiger partial charge in [-0.25, -0.2) is 0 Å². The second kappa shape index (κ2) is 76.8. The van der Waals surface area contributed by atoms with Crippen LogP contribution in [0.4, 0.5) is 0 Å². The fraction of sp³-hybridized carbons (Fsp3) is 0.926. The number of carbonyl (C=O) groups excluding carboxylic acids is 2. The van der Waals surface area contributed by atoms with Crippen molar-refractivity contribution in [2.45, 2.75) is 469 Å². The van der Waals surface area contributed by atoms with E-state index in [-0.39, 0.29) is 18.5 Å². The van der Waals surface area contributed by atoms with Crippen molar-refractivity contribution in [3.63, 3.8) is 0 Å². The predicted molar refractivity (Wildman–Crippen MR) is 384 cm³/mol. The maximum atomic E-state index is 12.6. The number of aliphatic hydroxyl groups is 2. The Kier molecular flexibility index (Phi) is 75.3. The van der Waals surface area contributed by atoms with Gasteiger partial charge in [-0.3, -0.25) is 9.59 Å². The van der Waals surface area contributed by atoms with E-state index in [2.05, 4.69) is 43.5 Å². The van der Waals surface area contributed by atoms with Gasteiger partial charge < -0.3 is 20.3 Å². The summed E-state index contributed by atoms with van der Waals surface area (Å²) in [4.78, 5) is 24.6. The molecule has 87 heavy (non-hydrogen) atoms. The molecule has 3 N–H and O–H groups in total. The number of hydrogen-bond acceptors (Lipinski definition) is 5. The summed E-state index contributed by atoms with van der Waals surface area (Å²) in [6, 6.07) is -0.539. The van der Waals surface area contributed by atoms with Crippen LogP contribution in [0.15, 0.2) is 24.3 Å². The van der Waals surface area contributed by atoms with Crippen molar-refractivity contribution in [2.75, 3.05) is 13.2 Å². The van der Waals surface area contributed by atoms with Gasteiger partial charge in [-0.15, -0.1) is 0 Å². The molecule has 0 fully saturated rings. The van der Waals surface area contributed by atoms with Crippen LogP contribution < -0.4 is 5.32 Å². The highest BCUT2D eigenvalue weighted by atomic mass is 16.5. The number of hydrogen-bond donors (Lipinski definition) is 3. The van der Waals surface area contributed by atoms with Gasteiger partial charge in [0.2, 0.25) is 5.91 Å². The summed E-state index contributed by atoms with van der Waals surface area (Å²) in [7, 11) is 0. The Bertz CT molecular complexity index is 1360. The summed E-state index contributed by atoms with van der Waals surface area (Å²) in [6.07, 6.45) is 98.6. The standard InChI is InChI=1S/C81H157NO5/c1-3-5-7-9-11-13-15-16-17-18-19-20-38-41-44-47-50-54-57-61-65-69-73-79(84)78(77-83)82-80(85)74-70-66-62-58-55-51-48-45-42-39-36-34-32-30-28-26-24-22-21-23-25-27-29-31-33-35-37-40-43-46-49-52-56-60-64-68-72-76-87-81(86)75-71-67-63-59-53-14-12-10-8-6-4-2/h10,12,21,23,78-79,83-84H,3-9,11,13-20,22,24-77H2,1-2H3,(H,82,85)/b12-10-,23-21-. The van der Waals surface area contributed by atoms with Crippen LogP contribution in [0.1, 0.15) is 457 Å². The fourth-order valence-corrected chi connectivity index (χ4v) is 12.9. The van der Waals surface area contributed by atoms with Crippen molar-refractivity contribution in [1.29, 1.82) is 0 Å². The second-order valence-corrected chi connectivity index (χ2v) is 27.7. The molecule has 1 amide bonds. The third-order valence-corrected chi connectivity index (χ3v) is 19.0. The SMILES string of the molecule is CCCC/C=C\CCCCCCCC(=O)OCCCCCCCCCCCCCCCCCC/C=C\CCCCCCCCCCCCCCCCCCCC(=O)NC(CO)C(O)CCCCCCCCCCCCCCCCCCCCCCCC. The Labute approximate surface area is 545 Å². The summed E-state index contributed by atoms with van der Waals surface area (Å²) >= 11 is 0. The highest BCUT2D eigenvalue weighted by Gasteiger charge is 2.20. The van der Waals surface area contributed by atoms with E-state index in [1.165, 1.54) is 379 Å². The molecular weight excluding hydrogens is 1070 g/mol. The smallest absolute Gasteiger partial charge is 0.305 e. The van der Waals surface area contributed by atoms with Crippen molar-refractivity contribution in [1.82, 2.24) is 5.32 Å². The molecule has 0 radical (unpaired) electrons. The van der Waals surface area contributed by atoms with Crippen LogP contribution in [0.2, 0.25) is 0 Å². The first kappa shape index (κ1) is 85.3. The first-order chi connectivity index (χ1) is 43.0. The van der Waals surface area contributed by atoms with Gasteiger partial charge in [-0.1, -0.05) is 398 Å². The minimum atomic E-state index is -0.662. The minimum Gasteiger partial charge on any atom is -0.466 e. The molecule has 0 rings (SSSR count). The molecular formula is C81H157NO5. The zero-order chi connectivity index (χ0) is 62.8.